The van der Waals surface area contributed by atoms with Gasteiger partial charge in [-0.05, 0) is 31.5 Å². The molecule has 0 N–H and O–H groups in total. The molecule has 0 aliphatic carbocycles. The Morgan fingerprint density at radius 1 is 1.00 bits per heavy atom. The summed E-state index contributed by atoms with van der Waals surface area (Å²) in [6, 6.07) is 10.3. The van der Waals surface area contributed by atoms with Crippen LogP contribution in [0.2, 0.25) is 5.15 Å². The van der Waals surface area contributed by atoms with E-state index in [4.69, 9.17) is 11.6 Å². The molecule has 0 fully saturated rings. The molecule has 0 amide bonds. The Balaban J connectivity index is 2.26. The van der Waals surface area contributed by atoms with Crippen molar-refractivity contribution in [2.75, 3.05) is 0 Å². The van der Waals surface area contributed by atoms with Gasteiger partial charge in [-0.25, -0.2) is 14.4 Å². The standard InChI is InChI=1S/C16H12ClFN2/c1-9-3-5-12(10(2)7-9)16-19-14-8-11(18)4-6-13(14)15(17)20-16/h3-8H,1-2H3. The first-order valence-corrected chi connectivity index (χ1v) is 6.63. The van der Waals surface area contributed by atoms with Crippen LogP contribution in [-0.4, -0.2) is 9.97 Å². The number of benzene rings is 2. The largest absolute Gasteiger partial charge is 0.228 e. The van der Waals surface area contributed by atoms with Gasteiger partial charge in [0.05, 0.1) is 5.52 Å². The Bertz CT molecular complexity index is 815. The fraction of sp³-hybridized carbons (Fsp3) is 0.125. The monoisotopic (exact) mass is 286 g/mol. The van der Waals surface area contributed by atoms with E-state index in [0.717, 1.165) is 11.1 Å². The molecule has 0 saturated heterocycles. The van der Waals surface area contributed by atoms with Gasteiger partial charge in [0, 0.05) is 17.0 Å². The number of aryl methyl sites for hydroxylation is 2. The van der Waals surface area contributed by atoms with Crippen LogP contribution in [0.25, 0.3) is 22.3 Å². The highest BCUT2D eigenvalue weighted by Gasteiger charge is 2.10. The molecule has 0 saturated carbocycles. The van der Waals surface area contributed by atoms with Gasteiger partial charge in [-0.2, -0.15) is 0 Å². The van der Waals surface area contributed by atoms with Crippen molar-refractivity contribution in [1.29, 1.82) is 0 Å². The highest BCUT2D eigenvalue weighted by atomic mass is 35.5. The first-order chi connectivity index (χ1) is 9.54. The molecule has 20 heavy (non-hydrogen) atoms. The number of hydrogen-bond acceptors (Lipinski definition) is 2. The first kappa shape index (κ1) is 13.0. The summed E-state index contributed by atoms with van der Waals surface area (Å²) in [6.07, 6.45) is 0. The van der Waals surface area contributed by atoms with E-state index in [-0.39, 0.29) is 5.82 Å². The Hall–Kier alpha value is -2.00. The summed E-state index contributed by atoms with van der Waals surface area (Å²) in [4.78, 5) is 8.75. The summed E-state index contributed by atoms with van der Waals surface area (Å²) in [5.74, 6) is 0.185. The van der Waals surface area contributed by atoms with E-state index in [2.05, 4.69) is 16.0 Å². The molecule has 0 unspecified atom stereocenters. The molecular weight excluding hydrogens is 275 g/mol. The molecule has 0 spiro atoms. The van der Waals surface area contributed by atoms with E-state index < -0.39 is 0 Å². The van der Waals surface area contributed by atoms with E-state index in [0.29, 0.717) is 21.9 Å². The van der Waals surface area contributed by atoms with Crippen LogP contribution >= 0.6 is 11.6 Å². The number of halogens is 2. The molecule has 1 heterocycles. The number of nitrogens with zero attached hydrogens (tertiary/aromatic N) is 2. The third kappa shape index (κ3) is 2.25. The van der Waals surface area contributed by atoms with Crippen molar-refractivity contribution in [3.63, 3.8) is 0 Å². The van der Waals surface area contributed by atoms with Gasteiger partial charge in [-0.3, -0.25) is 0 Å². The van der Waals surface area contributed by atoms with Crippen molar-refractivity contribution in [1.82, 2.24) is 9.97 Å². The second-order valence-corrected chi connectivity index (χ2v) is 5.18. The predicted octanol–water partition coefficient (Wildman–Crippen LogP) is 4.71. The quantitative estimate of drug-likeness (QED) is 0.606. The molecule has 100 valence electrons. The van der Waals surface area contributed by atoms with E-state index in [9.17, 15) is 4.39 Å². The minimum atomic E-state index is -0.334. The van der Waals surface area contributed by atoms with Crippen molar-refractivity contribution >= 4 is 22.5 Å². The molecule has 0 atom stereocenters. The number of hydrogen-bond donors (Lipinski definition) is 0. The SMILES string of the molecule is Cc1ccc(-c2nc(Cl)c3ccc(F)cc3n2)c(C)c1. The average Bonchev–Trinajstić information content (AvgIpc) is 2.37. The van der Waals surface area contributed by atoms with Crippen LogP contribution in [0.15, 0.2) is 36.4 Å². The summed E-state index contributed by atoms with van der Waals surface area (Å²) in [6.45, 7) is 4.02. The van der Waals surface area contributed by atoms with Gasteiger partial charge < -0.3 is 0 Å². The van der Waals surface area contributed by atoms with Crippen LogP contribution in [0.4, 0.5) is 4.39 Å². The molecule has 0 aliphatic heterocycles. The van der Waals surface area contributed by atoms with Gasteiger partial charge in [0.15, 0.2) is 5.82 Å². The average molecular weight is 287 g/mol. The molecule has 0 radical (unpaired) electrons. The topological polar surface area (TPSA) is 25.8 Å². The maximum atomic E-state index is 13.3. The van der Waals surface area contributed by atoms with Crippen molar-refractivity contribution in [2.24, 2.45) is 0 Å². The first-order valence-electron chi connectivity index (χ1n) is 6.25. The van der Waals surface area contributed by atoms with Crippen molar-refractivity contribution in [2.45, 2.75) is 13.8 Å². The second-order valence-electron chi connectivity index (χ2n) is 4.82. The van der Waals surface area contributed by atoms with Crippen LogP contribution < -0.4 is 0 Å². The van der Waals surface area contributed by atoms with Gasteiger partial charge in [0.2, 0.25) is 0 Å². The van der Waals surface area contributed by atoms with Crippen LogP contribution in [0.5, 0.6) is 0 Å². The van der Waals surface area contributed by atoms with E-state index in [1.165, 1.54) is 17.7 Å². The minimum Gasteiger partial charge on any atom is -0.228 e. The molecular formula is C16H12ClFN2. The highest BCUT2D eigenvalue weighted by Crippen LogP contribution is 2.27. The van der Waals surface area contributed by atoms with Crippen LogP contribution in [-0.2, 0) is 0 Å². The van der Waals surface area contributed by atoms with Gasteiger partial charge in [0.25, 0.3) is 0 Å². The molecule has 0 aliphatic rings. The van der Waals surface area contributed by atoms with Gasteiger partial charge >= 0.3 is 0 Å². The smallest absolute Gasteiger partial charge is 0.161 e. The van der Waals surface area contributed by atoms with E-state index in [1.54, 1.807) is 6.07 Å². The normalized spacial score (nSPS) is 11.0. The predicted molar refractivity (Wildman–Crippen MR) is 79.4 cm³/mol. The molecule has 1 aromatic heterocycles. The zero-order valence-corrected chi connectivity index (χ0v) is 11.9. The van der Waals surface area contributed by atoms with E-state index >= 15 is 0 Å². The summed E-state index contributed by atoms with van der Waals surface area (Å²) in [5.41, 5.74) is 3.66. The Kier molecular flexibility index (Phi) is 3.14. The molecule has 2 nitrogen and oxygen atoms in total. The van der Waals surface area contributed by atoms with Crippen LogP contribution in [0.3, 0.4) is 0 Å². The second kappa shape index (κ2) is 4.84. The molecule has 3 rings (SSSR count). The minimum absolute atomic E-state index is 0.334. The van der Waals surface area contributed by atoms with Gasteiger partial charge in [0.1, 0.15) is 11.0 Å². The fourth-order valence-electron chi connectivity index (χ4n) is 2.25. The zero-order chi connectivity index (χ0) is 14.3. The Morgan fingerprint density at radius 3 is 2.55 bits per heavy atom. The van der Waals surface area contributed by atoms with Crippen molar-refractivity contribution in [3.05, 3.63) is 58.5 Å². The molecule has 4 heteroatoms. The lowest BCUT2D eigenvalue weighted by atomic mass is 10.1. The van der Waals surface area contributed by atoms with E-state index in [1.807, 2.05) is 26.0 Å². The van der Waals surface area contributed by atoms with Crippen molar-refractivity contribution < 1.29 is 4.39 Å². The summed E-state index contributed by atoms with van der Waals surface area (Å²) >= 11 is 6.17. The zero-order valence-electron chi connectivity index (χ0n) is 11.1. The van der Waals surface area contributed by atoms with Crippen LogP contribution in [0.1, 0.15) is 11.1 Å². The highest BCUT2D eigenvalue weighted by molar-refractivity contribution is 6.34. The molecule has 2 aromatic carbocycles. The third-order valence-corrected chi connectivity index (χ3v) is 3.52. The lowest BCUT2D eigenvalue weighted by Gasteiger charge is -2.08. The number of aromatic nitrogens is 2. The Labute approximate surface area is 121 Å². The number of rotatable bonds is 1. The summed E-state index contributed by atoms with van der Waals surface area (Å²) in [7, 11) is 0. The third-order valence-electron chi connectivity index (χ3n) is 3.24. The maximum absolute atomic E-state index is 13.3. The number of fused-ring (bicyclic) bond motifs is 1. The molecule has 3 aromatic rings. The lowest BCUT2D eigenvalue weighted by Crippen LogP contribution is -1.94. The summed E-state index contributed by atoms with van der Waals surface area (Å²) < 4.78 is 13.3. The summed E-state index contributed by atoms with van der Waals surface area (Å²) in [5, 5.41) is 0.992. The fourth-order valence-corrected chi connectivity index (χ4v) is 2.49. The van der Waals surface area contributed by atoms with Crippen LogP contribution in [0, 0.1) is 19.7 Å². The lowest BCUT2D eigenvalue weighted by molar-refractivity contribution is 0.629. The van der Waals surface area contributed by atoms with Gasteiger partial charge in [-0.1, -0.05) is 35.4 Å². The Morgan fingerprint density at radius 2 is 1.80 bits per heavy atom. The molecule has 0 bridgehead atoms. The van der Waals surface area contributed by atoms with Gasteiger partial charge in [-0.15, -0.1) is 0 Å². The maximum Gasteiger partial charge on any atom is 0.161 e. The van der Waals surface area contributed by atoms with Crippen molar-refractivity contribution in [3.8, 4) is 11.4 Å².